The van der Waals surface area contributed by atoms with Gasteiger partial charge >= 0.3 is 0 Å². The fourth-order valence-electron chi connectivity index (χ4n) is 2.52. The van der Waals surface area contributed by atoms with E-state index < -0.39 is 6.17 Å². The van der Waals surface area contributed by atoms with E-state index in [9.17, 15) is 4.39 Å². The Kier molecular flexibility index (Phi) is 8.87. The molecule has 5 heteroatoms. The highest BCUT2D eigenvalue weighted by molar-refractivity contribution is 5.56. The lowest BCUT2D eigenvalue weighted by Gasteiger charge is -2.08. The smallest absolute Gasteiger partial charge is 0.159 e. The Balaban J connectivity index is 1.76. The van der Waals surface area contributed by atoms with Gasteiger partial charge in [0, 0.05) is 5.56 Å². The summed E-state index contributed by atoms with van der Waals surface area (Å²) < 4.78 is 23.8. The summed E-state index contributed by atoms with van der Waals surface area (Å²) in [6, 6.07) is 7.32. The third-order valence-corrected chi connectivity index (χ3v) is 3.99. The van der Waals surface area contributed by atoms with Crippen molar-refractivity contribution in [2.45, 2.75) is 58.5 Å². The Bertz CT molecular complexity index is 615. The number of unbranched alkanes of at least 4 members (excludes halogenated alkanes) is 5. The summed E-state index contributed by atoms with van der Waals surface area (Å²) in [4.78, 5) is 8.71. The summed E-state index contributed by atoms with van der Waals surface area (Å²) in [6.45, 7) is 4.45. The molecule has 0 N–H and O–H groups in total. The first kappa shape index (κ1) is 20.1. The zero-order chi connectivity index (χ0) is 18.6. The molecule has 0 aliphatic rings. The van der Waals surface area contributed by atoms with E-state index in [1.54, 1.807) is 24.5 Å². The second kappa shape index (κ2) is 11.4. The number of hydrogen-bond donors (Lipinski definition) is 0. The maximum absolute atomic E-state index is 12.8. The number of nitrogens with zero attached hydrogens (tertiary/aromatic N) is 2. The van der Waals surface area contributed by atoms with Gasteiger partial charge in [-0.15, -0.1) is 0 Å². The standard InChI is InChI=1S/C21H29FN2O2/c1-3-4-5-6-7-8-13-25-20-14-23-21(24-15-20)18-9-11-19(12-10-18)26-16-17(2)22/h9-12,14-15,17H,3-8,13,16H2,1-2H3. The maximum atomic E-state index is 12.8. The Morgan fingerprint density at radius 3 is 2.19 bits per heavy atom. The van der Waals surface area contributed by atoms with E-state index in [0.29, 0.717) is 23.9 Å². The van der Waals surface area contributed by atoms with Gasteiger partial charge in [-0.1, -0.05) is 39.0 Å². The minimum atomic E-state index is -0.984. The van der Waals surface area contributed by atoms with Gasteiger partial charge in [-0.3, -0.25) is 0 Å². The fourth-order valence-corrected chi connectivity index (χ4v) is 2.52. The molecule has 1 unspecified atom stereocenters. The molecule has 4 nitrogen and oxygen atoms in total. The van der Waals surface area contributed by atoms with E-state index in [1.165, 1.54) is 39.0 Å². The molecule has 0 amide bonds. The van der Waals surface area contributed by atoms with Crippen LogP contribution in [0.1, 0.15) is 52.4 Å². The zero-order valence-electron chi connectivity index (χ0n) is 15.8. The average Bonchev–Trinajstić information content (AvgIpc) is 2.66. The molecule has 142 valence electrons. The van der Waals surface area contributed by atoms with E-state index in [2.05, 4.69) is 16.9 Å². The molecule has 2 rings (SSSR count). The van der Waals surface area contributed by atoms with Crippen molar-refractivity contribution in [2.75, 3.05) is 13.2 Å². The van der Waals surface area contributed by atoms with Crippen LogP contribution < -0.4 is 9.47 Å². The first-order valence-electron chi connectivity index (χ1n) is 9.51. The second-order valence-electron chi connectivity index (χ2n) is 6.47. The molecule has 0 radical (unpaired) electrons. The number of rotatable bonds is 12. The SMILES string of the molecule is CCCCCCCCOc1cnc(-c2ccc(OCC(C)F)cc2)nc1. The molecule has 1 aromatic carbocycles. The van der Waals surface area contributed by atoms with Gasteiger partial charge in [0.1, 0.15) is 18.5 Å². The predicted octanol–water partition coefficient (Wildman–Crippen LogP) is 5.62. The van der Waals surface area contributed by atoms with Crippen molar-refractivity contribution in [2.24, 2.45) is 0 Å². The van der Waals surface area contributed by atoms with Crippen molar-refractivity contribution in [3.63, 3.8) is 0 Å². The van der Waals surface area contributed by atoms with Crippen LogP contribution >= 0.6 is 0 Å². The van der Waals surface area contributed by atoms with Crippen LogP contribution in [0, 0.1) is 0 Å². The van der Waals surface area contributed by atoms with Crippen molar-refractivity contribution in [3.05, 3.63) is 36.7 Å². The molecule has 0 fully saturated rings. The normalized spacial score (nSPS) is 12.0. The lowest BCUT2D eigenvalue weighted by atomic mass is 10.1. The van der Waals surface area contributed by atoms with Crippen LogP contribution in [0.2, 0.25) is 0 Å². The van der Waals surface area contributed by atoms with Gasteiger partial charge < -0.3 is 9.47 Å². The molecule has 0 saturated carbocycles. The van der Waals surface area contributed by atoms with Gasteiger partial charge in [0.05, 0.1) is 19.0 Å². The molecule has 0 aliphatic carbocycles. The number of benzene rings is 1. The van der Waals surface area contributed by atoms with Crippen LogP contribution in [0.15, 0.2) is 36.7 Å². The van der Waals surface area contributed by atoms with Crippen LogP contribution in [-0.4, -0.2) is 29.4 Å². The lowest BCUT2D eigenvalue weighted by Crippen LogP contribution is -2.08. The van der Waals surface area contributed by atoms with Crippen molar-refractivity contribution in [3.8, 4) is 22.9 Å². The van der Waals surface area contributed by atoms with E-state index in [-0.39, 0.29) is 6.61 Å². The van der Waals surface area contributed by atoms with Crippen LogP contribution in [0.3, 0.4) is 0 Å². The highest BCUT2D eigenvalue weighted by Gasteiger charge is 2.04. The monoisotopic (exact) mass is 360 g/mol. The molecule has 2 aromatic rings. The molecule has 0 bridgehead atoms. The number of aromatic nitrogens is 2. The summed E-state index contributed by atoms with van der Waals surface area (Å²) in [5, 5.41) is 0. The fraction of sp³-hybridized carbons (Fsp3) is 0.524. The van der Waals surface area contributed by atoms with Crippen molar-refractivity contribution < 1.29 is 13.9 Å². The third-order valence-electron chi connectivity index (χ3n) is 3.99. The third kappa shape index (κ3) is 7.38. The molecule has 0 saturated heterocycles. The first-order valence-corrected chi connectivity index (χ1v) is 9.51. The Labute approximate surface area is 155 Å². The van der Waals surface area contributed by atoms with Crippen LogP contribution in [0.25, 0.3) is 11.4 Å². The highest BCUT2D eigenvalue weighted by Crippen LogP contribution is 2.20. The van der Waals surface area contributed by atoms with Crippen LogP contribution in [0.5, 0.6) is 11.5 Å². The van der Waals surface area contributed by atoms with Gasteiger partial charge in [0.2, 0.25) is 0 Å². The Morgan fingerprint density at radius 1 is 0.885 bits per heavy atom. The summed E-state index contributed by atoms with van der Waals surface area (Å²) in [5.41, 5.74) is 0.883. The highest BCUT2D eigenvalue weighted by atomic mass is 19.1. The van der Waals surface area contributed by atoms with E-state index >= 15 is 0 Å². The average molecular weight is 360 g/mol. The number of alkyl halides is 1. The van der Waals surface area contributed by atoms with E-state index in [1.807, 2.05) is 12.1 Å². The van der Waals surface area contributed by atoms with E-state index in [4.69, 9.17) is 9.47 Å². The van der Waals surface area contributed by atoms with Gasteiger partial charge in [-0.2, -0.15) is 0 Å². The number of ether oxygens (including phenoxy) is 2. The number of halogens is 1. The lowest BCUT2D eigenvalue weighted by molar-refractivity contribution is 0.210. The topological polar surface area (TPSA) is 44.2 Å². The second-order valence-corrected chi connectivity index (χ2v) is 6.47. The molecule has 1 aromatic heterocycles. The van der Waals surface area contributed by atoms with Crippen LogP contribution in [-0.2, 0) is 0 Å². The zero-order valence-corrected chi connectivity index (χ0v) is 15.8. The van der Waals surface area contributed by atoms with Gasteiger partial charge in [0.15, 0.2) is 11.6 Å². The quantitative estimate of drug-likeness (QED) is 0.461. The summed E-state index contributed by atoms with van der Waals surface area (Å²) in [6.07, 6.45) is 9.86. The summed E-state index contributed by atoms with van der Waals surface area (Å²) in [7, 11) is 0. The molecule has 0 aliphatic heterocycles. The predicted molar refractivity (Wildman–Crippen MR) is 102 cm³/mol. The molecule has 0 spiro atoms. The summed E-state index contributed by atoms with van der Waals surface area (Å²) >= 11 is 0. The van der Waals surface area contributed by atoms with Gasteiger partial charge in [-0.05, 0) is 37.6 Å². The Hall–Kier alpha value is -2.17. The summed E-state index contributed by atoms with van der Waals surface area (Å²) in [5.74, 6) is 1.96. The minimum absolute atomic E-state index is 0.0560. The molecule has 1 atom stereocenters. The van der Waals surface area contributed by atoms with E-state index in [0.717, 1.165) is 12.0 Å². The van der Waals surface area contributed by atoms with Gasteiger partial charge in [0.25, 0.3) is 0 Å². The molecule has 1 heterocycles. The van der Waals surface area contributed by atoms with Gasteiger partial charge in [-0.25, -0.2) is 14.4 Å². The largest absolute Gasteiger partial charge is 0.491 e. The molecular weight excluding hydrogens is 331 g/mol. The molecular formula is C21H29FN2O2. The maximum Gasteiger partial charge on any atom is 0.159 e. The molecule has 26 heavy (non-hydrogen) atoms. The number of hydrogen-bond acceptors (Lipinski definition) is 4. The van der Waals surface area contributed by atoms with Crippen molar-refractivity contribution >= 4 is 0 Å². The first-order chi connectivity index (χ1) is 12.7. The van der Waals surface area contributed by atoms with Crippen molar-refractivity contribution in [1.82, 2.24) is 9.97 Å². The van der Waals surface area contributed by atoms with Crippen LogP contribution in [0.4, 0.5) is 4.39 Å². The Morgan fingerprint density at radius 2 is 1.54 bits per heavy atom. The minimum Gasteiger partial charge on any atom is -0.491 e. The van der Waals surface area contributed by atoms with Crippen molar-refractivity contribution in [1.29, 1.82) is 0 Å².